The van der Waals surface area contributed by atoms with E-state index in [2.05, 4.69) is 4.74 Å². The number of hydrogen-bond acceptors (Lipinski definition) is 4. The molecule has 0 fully saturated rings. The normalized spacial score (nSPS) is 20.2. The van der Waals surface area contributed by atoms with Gasteiger partial charge in [0.2, 0.25) is 0 Å². The first-order valence-electron chi connectivity index (χ1n) is 3.81. The van der Waals surface area contributed by atoms with E-state index in [0.717, 1.165) is 0 Å². The zero-order chi connectivity index (χ0) is 9.59. The summed E-state index contributed by atoms with van der Waals surface area (Å²) in [5, 5.41) is 0. The summed E-state index contributed by atoms with van der Waals surface area (Å²) in [6, 6.07) is 0. The molecular weight excluding hydrogens is 172 g/mol. The highest BCUT2D eigenvalue weighted by atomic mass is 16.6. The number of Topliss-reactive ketones (excluding diaryl/α,β-unsaturated/α-hetero) is 1. The minimum Gasteiger partial charge on any atom is -0.386 e. The van der Waals surface area contributed by atoms with Crippen molar-refractivity contribution < 1.29 is 19.1 Å². The summed E-state index contributed by atoms with van der Waals surface area (Å²) in [5.74, 6) is -1.38. The molecule has 0 aromatic carbocycles. The molecule has 2 aliphatic rings. The Morgan fingerprint density at radius 2 is 2.08 bits per heavy atom. The van der Waals surface area contributed by atoms with Gasteiger partial charge in [0.05, 0.1) is 11.1 Å². The predicted molar refractivity (Wildman–Crippen MR) is 41.5 cm³/mol. The van der Waals surface area contributed by atoms with Gasteiger partial charge in [0.15, 0.2) is 5.78 Å². The Balaban J connectivity index is 2.38. The summed E-state index contributed by atoms with van der Waals surface area (Å²) in [6.45, 7) is 1.41. The molecule has 66 valence electrons. The Morgan fingerprint density at radius 1 is 1.38 bits per heavy atom. The molecule has 0 aromatic heterocycles. The number of rotatable bonds is 1. The molecular formula is C9H6O4. The average molecular weight is 178 g/mol. The lowest BCUT2D eigenvalue weighted by Gasteiger charge is -1.97. The molecule has 4 heteroatoms. The molecule has 1 aliphatic heterocycles. The van der Waals surface area contributed by atoms with Crippen LogP contribution in [0.3, 0.4) is 0 Å². The van der Waals surface area contributed by atoms with Crippen LogP contribution in [0, 0.1) is 0 Å². The van der Waals surface area contributed by atoms with Gasteiger partial charge in [0, 0.05) is 12.0 Å². The lowest BCUT2D eigenvalue weighted by atomic mass is 10.1. The minimum atomic E-state index is -0.642. The molecule has 1 heterocycles. The molecule has 0 unspecified atom stereocenters. The van der Waals surface area contributed by atoms with Crippen LogP contribution in [-0.2, 0) is 19.1 Å². The van der Waals surface area contributed by atoms with Gasteiger partial charge in [-0.15, -0.1) is 0 Å². The fourth-order valence-corrected chi connectivity index (χ4v) is 1.39. The van der Waals surface area contributed by atoms with Gasteiger partial charge in [-0.25, -0.2) is 9.59 Å². The van der Waals surface area contributed by atoms with Crippen molar-refractivity contribution in [2.75, 3.05) is 0 Å². The second-order valence-electron chi connectivity index (χ2n) is 2.97. The Labute approximate surface area is 73.9 Å². The molecule has 1 aliphatic carbocycles. The maximum atomic E-state index is 11.0. The van der Waals surface area contributed by atoms with Crippen molar-refractivity contribution in [2.45, 2.75) is 13.3 Å². The van der Waals surface area contributed by atoms with Crippen LogP contribution in [0.5, 0.6) is 0 Å². The van der Waals surface area contributed by atoms with Crippen LogP contribution >= 0.6 is 0 Å². The second-order valence-corrected chi connectivity index (χ2v) is 2.97. The highest BCUT2D eigenvalue weighted by Gasteiger charge is 2.36. The Kier molecular flexibility index (Phi) is 1.45. The van der Waals surface area contributed by atoms with Crippen molar-refractivity contribution in [1.82, 2.24) is 0 Å². The van der Waals surface area contributed by atoms with Gasteiger partial charge in [0.1, 0.15) is 0 Å². The molecule has 0 amide bonds. The summed E-state index contributed by atoms with van der Waals surface area (Å²) in [7, 11) is 0. The SMILES string of the molecule is CC(=O)C1=CC2=C(C1)C(=O)OC2=O. The van der Waals surface area contributed by atoms with Crippen molar-refractivity contribution in [3.8, 4) is 0 Å². The third-order valence-corrected chi connectivity index (χ3v) is 2.11. The third kappa shape index (κ3) is 1.02. The fraction of sp³-hybridized carbons (Fsp3) is 0.222. The summed E-state index contributed by atoms with van der Waals surface area (Å²) in [5.41, 5.74) is 1.06. The molecule has 0 spiro atoms. The Morgan fingerprint density at radius 3 is 2.62 bits per heavy atom. The largest absolute Gasteiger partial charge is 0.386 e. The van der Waals surface area contributed by atoms with Crippen molar-refractivity contribution in [3.05, 3.63) is 22.8 Å². The summed E-state index contributed by atoms with van der Waals surface area (Å²) < 4.78 is 4.35. The van der Waals surface area contributed by atoms with E-state index in [9.17, 15) is 14.4 Å². The number of carbonyl (C=O) groups excluding carboxylic acids is 3. The fourth-order valence-electron chi connectivity index (χ4n) is 1.39. The molecule has 4 nitrogen and oxygen atoms in total. The lowest BCUT2D eigenvalue weighted by molar-refractivity contribution is -0.151. The standard InChI is InChI=1S/C9H6O4/c1-4(10)5-2-6-7(3-5)9(12)13-8(6)11/h2H,3H2,1H3. The molecule has 0 saturated carbocycles. The number of carbonyl (C=O) groups is 3. The van der Waals surface area contributed by atoms with Crippen molar-refractivity contribution in [3.63, 3.8) is 0 Å². The van der Waals surface area contributed by atoms with Crippen LogP contribution in [0.1, 0.15) is 13.3 Å². The summed E-state index contributed by atoms with van der Waals surface area (Å²) in [6.07, 6.45) is 1.67. The number of ether oxygens (including phenoxy) is 1. The lowest BCUT2D eigenvalue weighted by Crippen LogP contribution is -2.06. The molecule has 0 atom stereocenters. The average Bonchev–Trinajstić information content (AvgIpc) is 2.55. The highest BCUT2D eigenvalue weighted by Crippen LogP contribution is 2.32. The maximum Gasteiger partial charge on any atom is 0.346 e. The van der Waals surface area contributed by atoms with E-state index < -0.39 is 11.9 Å². The predicted octanol–water partition coefficient (Wildman–Crippen LogP) is 0.285. The number of allylic oxidation sites excluding steroid dienone is 1. The molecule has 0 aromatic rings. The quantitative estimate of drug-likeness (QED) is 0.427. The van der Waals surface area contributed by atoms with Gasteiger partial charge in [0.25, 0.3) is 0 Å². The van der Waals surface area contributed by atoms with Gasteiger partial charge in [-0.2, -0.15) is 0 Å². The van der Waals surface area contributed by atoms with Crippen molar-refractivity contribution in [2.24, 2.45) is 0 Å². The first-order chi connectivity index (χ1) is 6.09. The number of hydrogen-bond donors (Lipinski definition) is 0. The first-order valence-corrected chi connectivity index (χ1v) is 3.81. The number of cyclic esters (lactones) is 2. The summed E-state index contributed by atoms with van der Waals surface area (Å²) in [4.78, 5) is 32.9. The van der Waals surface area contributed by atoms with E-state index in [-0.39, 0.29) is 17.8 Å². The summed E-state index contributed by atoms with van der Waals surface area (Å²) >= 11 is 0. The number of esters is 2. The topological polar surface area (TPSA) is 60.4 Å². The second kappa shape index (κ2) is 2.39. The van der Waals surface area contributed by atoms with Crippen molar-refractivity contribution >= 4 is 17.7 Å². The van der Waals surface area contributed by atoms with E-state index in [1.165, 1.54) is 13.0 Å². The van der Waals surface area contributed by atoms with Crippen LogP contribution in [0.25, 0.3) is 0 Å². The van der Waals surface area contributed by atoms with Gasteiger partial charge < -0.3 is 4.74 Å². The van der Waals surface area contributed by atoms with Gasteiger partial charge in [-0.3, -0.25) is 4.79 Å². The Hall–Kier alpha value is -1.71. The third-order valence-electron chi connectivity index (χ3n) is 2.11. The van der Waals surface area contributed by atoms with E-state index in [1.54, 1.807) is 0 Å². The Bertz CT molecular complexity index is 398. The molecule has 0 saturated heterocycles. The first kappa shape index (κ1) is 7.91. The van der Waals surface area contributed by atoms with E-state index in [0.29, 0.717) is 11.1 Å². The molecule has 0 N–H and O–H groups in total. The van der Waals surface area contributed by atoms with E-state index >= 15 is 0 Å². The maximum absolute atomic E-state index is 11.0. The van der Waals surface area contributed by atoms with Crippen LogP contribution in [0.15, 0.2) is 22.8 Å². The van der Waals surface area contributed by atoms with Crippen LogP contribution < -0.4 is 0 Å². The van der Waals surface area contributed by atoms with Crippen LogP contribution in [0.4, 0.5) is 0 Å². The highest BCUT2D eigenvalue weighted by molar-refractivity contribution is 6.17. The minimum absolute atomic E-state index is 0.116. The van der Waals surface area contributed by atoms with Crippen LogP contribution in [-0.4, -0.2) is 17.7 Å². The number of ketones is 1. The molecule has 2 rings (SSSR count). The molecule has 0 radical (unpaired) electrons. The molecule has 13 heavy (non-hydrogen) atoms. The zero-order valence-electron chi connectivity index (χ0n) is 6.92. The monoisotopic (exact) mass is 178 g/mol. The van der Waals surface area contributed by atoms with E-state index in [4.69, 9.17) is 0 Å². The van der Waals surface area contributed by atoms with Crippen molar-refractivity contribution in [1.29, 1.82) is 0 Å². The van der Waals surface area contributed by atoms with Gasteiger partial charge in [-0.1, -0.05) is 0 Å². The molecule has 0 bridgehead atoms. The van der Waals surface area contributed by atoms with E-state index in [1.807, 2.05) is 0 Å². The van der Waals surface area contributed by atoms with Crippen LogP contribution in [0.2, 0.25) is 0 Å². The van der Waals surface area contributed by atoms with Gasteiger partial charge in [-0.05, 0) is 13.0 Å². The van der Waals surface area contributed by atoms with Gasteiger partial charge >= 0.3 is 11.9 Å². The smallest absolute Gasteiger partial charge is 0.346 e. The zero-order valence-corrected chi connectivity index (χ0v) is 6.92.